The second-order valence-electron chi connectivity index (χ2n) is 4.93. The molecule has 0 bridgehead atoms. The normalized spacial score (nSPS) is 10.7. The SMILES string of the molecule is CCOc1cc(C=CC(=O)CC(=O)c2ccccc2)ccc1O. The molecule has 0 aliphatic heterocycles. The summed E-state index contributed by atoms with van der Waals surface area (Å²) in [5, 5.41) is 9.63. The van der Waals surface area contributed by atoms with Crippen LogP contribution in [0.5, 0.6) is 11.5 Å². The van der Waals surface area contributed by atoms with Crippen LogP contribution in [-0.2, 0) is 4.79 Å². The van der Waals surface area contributed by atoms with Crippen LogP contribution in [0.4, 0.5) is 0 Å². The summed E-state index contributed by atoms with van der Waals surface area (Å²) in [5.74, 6) is -0.0668. The first-order valence-corrected chi connectivity index (χ1v) is 7.35. The third-order valence-corrected chi connectivity index (χ3v) is 3.18. The summed E-state index contributed by atoms with van der Waals surface area (Å²) in [4.78, 5) is 23.8. The van der Waals surface area contributed by atoms with Gasteiger partial charge in [0.25, 0.3) is 0 Å². The van der Waals surface area contributed by atoms with Gasteiger partial charge in [-0.25, -0.2) is 0 Å². The quantitative estimate of drug-likeness (QED) is 0.482. The van der Waals surface area contributed by atoms with Gasteiger partial charge in [0, 0.05) is 5.56 Å². The molecule has 0 atom stereocenters. The molecular formula is C19H18O4. The lowest BCUT2D eigenvalue weighted by atomic mass is 10.1. The molecule has 0 spiro atoms. The number of carbonyl (C=O) groups excluding carboxylic acids is 2. The van der Waals surface area contributed by atoms with E-state index in [-0.39, 0.29) is 23.7 Å². The standard InChI is InChI=1S/C19H18O4/c1-2-23-19-12-14(9-11-17(19)21)8-10-16(20)13-18(22)15-6-4-3-5-7-15/h3-12,21H,2,13H2,1H3. The van der Waals surface area contributed by atoms with Gasteiger partial charge < -0.3 is 9.84 Å². The zero-order valence-corrected chi connectivity index (χ0v) is 12.9. The van der Waals surface area contributed by atoms with Crippen molar-refractivity contribution in [3.63, 3.8) is 0 Å². The molecule has 118 valence electrons. The highest BCUT2D eigenvalue weighted by Crippen LogP contribution is 2.27. The predicted octanol–water partition coefficient (Wildman–Crippen LogP) is 3.65. The Hall–Kier alpha value is -2.88. The number of hydrogen-bond acceptors (Lipinski definition) is 4. The Labute approximate surface area is 135 Å². The summed E-state index contributed by atoms with van der Waals surface area (Å²) in [6.07, 6.45) is 2.79. The third kappa shape index (κ3) is 4.81. The molecule has 2 aromatic rings. The number of phenolic OH excluding ortho intramolecular Hbond substituents is 1. The largest absolute Gasteiger partial charge is 0.504 e. The van der Waals surface area contributed by atoms with Gasteiger partial charge in [0.2, 0.25) is 0 Å². The fraction of sp³-hybridized carbons (Fsp3) is 0.158. The molecule has 0 fully saturated rings. The molecule has 0 aromatic heterocycles. The van der Waals surface area contributed by atoms with E-state index in [1.807, 2.05) is 13.0 Å². The van der Waals surface area contributed by atoms with Crippen LogP contribution in [0.2, 0.25) is 0 Å². The van der Waals surface area contributed by atoms with Crippen molar-refractivity contribution in [1.29, 1.82) is 0 Å². The fourth-order valence-electron chi connectivity index (χ4n) is 2.04. The van der Waals surface area contributed by atoms with E-state index < -0.39 is 0 Å². The van der Waals surface area contributed by atoms with Crippen molar-refractivity contribution in [1.82, 2.24) is 0 Å². The minimum atomic E-state index is -0.273. The molecule has 4 nitrogen and oxygen atoms in total. The van der Waals surface area contributed by atoms with Crippen LogP contribution in [0.1, 0.15) is 29.3 Å². The summed E-state index contributed by atoms with van der Waals surface area (Å²) in [6.45, 7) is 2.26. The molecule has 2 rings (SSSR count). The van der Waals surface area contributed by atoms with E-state index in [4.69, 9.17) is 4.74 Å². The van der Waals surface area contributed by atoms with Crippen molar-refractivity contribution in [2.45, 2.75) is 13.3 Å². The molecule has 2 aromatic carbocycles. The van der Waals surface area contributed by atoms with Gasteiger partial charge in [-0.3, -0.25) is 9.59 Å². The van der Waals surface area contributed by atoms with Gasteiger partial charge in [-0.1, -0.05) is 42.5 Å². The molecule has 0 saturated heterocycles. The molecule has 0 unspecified atom stereocenters. The van der Waals surface area contributed by atoms with Crippen LogP contribution in [0.25, 0.3) is 6.08 Å². The zero-order chi connectivity index (χ0) is 16.7. The molecule has 0 radical (unpaired) electrons. The van der Waals surface area contributed by atoms with Crippen molar-refractivity contribution < 1.29 is 19.4 Å². The summed E-state index contributed by atoms with van der Waals surface area (Å²) in [7, 11) is 0. The number of ether oxygens (including phenoxy) is 1. The summed E-state index contributed by atoms with van der Waals surface area (Å²) < 4.78 is 5.28. The molecule has 4 heteroatoms. The van der Waals surface area contributed by atoms with E-state index in [1.54, 1.807) is 42.5 Å². The van der Waals surface area contributed by atoms with Crippen LogP contribution < -0.4 is 4.74 Å². The maximum atomic E-state index is 11.9. The number of Topliss-reactive ketones (excluding diaryl/α,β-unsaturated/α-hetero) is 1. The van der Waals surface area contributed by atoms with Crippen molar-refractivity contribution in [3.05, 3.63) is 65.7 Å². The van der Waals surface area contributed by atoms with Crippen LogP contribution in [0.3, 0.4) is 0 Å². The highest BCUT2D eigenvalue weighted by Gasteiger charge is 2.09. The monoisotopic (exact) mass is 310 g/mol. The summed E-state index contributed by atoms with van der Waals surface area (Å²) in [6, 6.07) is 13.5. The molecule has 0 saturated carbocycles. The van der Waals surface area contributed by atoms with Crippen molar-refractivity contribution in [2.24, 2.45) is 0 Å². The second-order valence-corrected chi connectivity index (χ2v) is 4.93. The van der Waals surface area contributed by atoms with Crippen molar-refractivity contribution in [2.75, 3.05) is 6.61 Å². The Balaban J connectivity index is 2.01. The fourth-order valence-corrected chi connectivity index (χ4v) is 2.04. The van der Waals surface area contributed by atoms with Crippen molar-refractivity contribution >= 4 is 17.6 Å². The first-order valence-electron chi connectivity index (χ1n) is 7.35. The smallest absolute Gasteiger partial charge is 0.170 e. The van der Waals surface area contributed by atoms with Gasteiger partial charge >= 0.3 is 0 Å². The van der Waals surface area contributed by atoms with Gasteiger partial charge in [0.1, 0.15) is 0 Å². The zero-order valence-electron chi connectivity index (χ0n) is 12.9. The molecular weight excluding hydrogens is 292 g/mol. The average Bonchev–Trinajstić information content (AvgIpc) is 2.56. The first kappa shape index (κ1) is 16.5. The van der Waals surface area contributed by atoms with E-state index in [0.29, 0.717) is 23.5 Å². The lowest BCUT2D eigenvalue weighted by Gasteiger charge is -2.06. The molecule has 0 aliphatic carbocycles. The maximum absolute atomic E-state index is 11.9. The van der Waals surface area contributed by atoms with E-state index in [1.165, 1.54) is 12.1 Å². The number of allylic oxidation sites excluding steroid dienone is 1. The average molecular weight is 310 g/mol. The van der Waals surface area contributed by atoms with Crippen LogP contribution in [0, 0.1) is 0 Å². The van der Waals surface area contributed by atoms with Crippen LogP contribution >= 0.6 is 0 Å². The van der Waals surface area contributed by atoms with Gasteiger partial charge in [0.05, 0.1) is 13.0 Å². The Morgan fingerprint density at radius 1 is 1.13 bits per heavy atom. The number of aromatic hydroxyl groups is 1. The van der Waals surface area contributed by atoms with E-state index in [2.05, 4.69) is 0 Å². The van der Waals surface area contributed by atoms with Crippen LogP contribution in [-0.4, -0.2) is 23.3 Å². The molecule has 0 aliphatic rings. The highest BCUT2D eigenvalue weighted by molar-refractivity contribution is 6.12. The molecule has 0 amide bonds. The van der Waals surface area contributed by atoms with E-state index in [0.717, 1.165) is 0 Å². The molecule has 0 heterocycles. The lowest BCUT2D eigenvalue weighted by molar-refractivity contribution is -0.113. The number of carbonyl (C=O) groups is 2. The van der Waals surface area contributed by atoms with E-state index in [9.17, 15) is 14.7 Å². The third-order valence-electron chi connectivity index (χ3n) is 3.18. The highest BCUT2D eigenvalue weighted by atomic mass is 16.5. The number of phenols is 1. The summed E-state index contributed by atoms with van der Waals surface area (Å²) >= 11 is 0. The Morgan fingerprint density at radius 3 is 2.57 bits per heavy atom. The Bertz CT molecular complexity index is 717. The van der Waals surface area contributed by atoms with Gasteiger partial charge in [-0.15, -0.1) is 0 Å². The predicted molar refractivity (Wildman–Crippen MR) is 88.7 cm³/mol. The summed E-state index contributed by atoms with van der Waals surface area (Å²) in [5.41, 5.74) is 1.24. The van der Waals surface area contributed by atoms with Gasteiger partial charge in [0.15, 0.2) is 23.1 Å². The number of hydrogen-bond donors (Lipinski definition) is 1. The van der Waals surface area contributed by atoms with Crippen molar-refractivity contribution in [3.8, 4) is 11.5 Å². The number of rotatable bonds is 7. The van der Waals surface area contributed by atoms with E-state index >= 15 is 0 Å². The number of ketones is 2. The Kier molecular flexibility index (Phi) is 5.69. The maximum Gasteiger partial charge on any atom is 0.170 e. The first-order chi connectivity index (χ1) is 11.1. The molecule has 1 N–H and O–H groups in total. The second kappa shape index (κ2) is 7.94. The lowest BCUT2D eigenvalue weighted by Crippen LogP contribution is -2.05. The van der Waals surface area contributed by atoms with Crippen LogP contribution in [0.15, 0.2) is 54.6 Å². The number of benzene rings is 2. The minimum Gasteiger partial charge on any atom is -0.504 e. The topological polar surface area (TPSA) is 63.6 Å². The van der Waals surface area contributed by atoms with Gasteiger partial charge in [-0.05, 0) is 30.7 Å². The van der Waals surface area contributed by atoms with Gasteiger partial charge in [-0.2, -0.15) is 0 Å². The Morgan fingerprint density at radius 2 is 1.87 bits per heavy atom. The molecule has 23 heavy (non-hydrogen) atoms. The minimum absolute atomic E-state index is 0.0505.